The molecule has 0 fully saturated rings. The van der Waals surface area contributed by atoms with E-state index in [9.17, 15) is 4.39 Å². The molecule has 1 heterocycles. The fourth-order valence-electron chi connectivity index (χ4n) is 2.30. The molecule has 0 saturated carbocycles. The number of para-hydroxylation sites is 1. The zero-order valence-electron chi connectivity index (χ0n) is 10.1. The number of fused-ring (bicyclic) bond motifs is 1. The molecule has 0 aromatic heterocycles. The largest absolute Gasteiger partial charge is 0.321 e. The zero-order valence-corrected chi connectivity index (χ0v) is 10.1. The van der Waals surface area contributed by atoms with E-state index in [1.807, 2.05) is 6.07 Å². The van der Waals surface area contributed by atoms with E-state index >= 15 is 4.39 Å². The molecule has 0 aliphatic carbocycles. The number of nitrogens with zero attached hydrogens (tertiary/aromatic N) is 1. The summed E-state index contributed by atoms with van der Waals surface area (Å²) in [4.78, 5) is 4.12. The van der Waals surface area contributed by atoms with Crippen LogP contribution in [-0.4, -0.2) is 6.21 Å². The highest BCUT2D eigenvalue weighted by Gasteiger charge is 2.41. The summed E-state index contributed by atoms with van der Waals surface area (Å²) in [7, 11) is 0. The molecular weight excluding hydrogens is 246 g/mol. The van der Waals surface area contributed by atoms with Gasteiger partial charge in [-0.3, -0.25) is 4.99 Å². The summed E-state index contributed by atoms with van der Waals surface area (Å²) in [5, 5.41) is 0. The van der Waals surface area contributed by atoms with Gasteiger partial charge in [-0.25, -0.2) is 8.78 Å². The third kappa shape index (κ3) is 1.85. The summed E-state index contributed by atoms with van der Waals surface area (Å²) in [6.07, 6.45) is 1.20. The van der Waals surface area contributed by atoms with Crippen LogP contribution >= 0.6 is 0 Å². The van der Waals surface area contributed by atoms with Gasteiger partial charge in [0.1, 0.15) is 5.82 Å². The number of halogens is 2. The van der Waals surface area contributed by atoms with Crippen molar-refractivity contribution in [3.63, 3.8) is 0 Å². The Hall–Kier alpha value is -2.07. The van der Waals surface area contributed by atoms with E-state index < -0.39 is 17.5 Å². The normalized spacial score (nSPS) is 25.1. The Morgan fingerprint density at radius 2 is 1.74 bits per heavy atom. The lowest BCUT2D eigenvalue weighted by molar-refractivity contribution is 0.217. The summed E-state index contributed by atoms with van der Waals surface area (Å²) >= 11 is 0. The number of nitrogens with two attached hydrogens (primary N) is 1. The fraction of sp³-hybridized carbons (Fsp3) is 0.133. The molecule has 19 heavy (non-hydrogen) atoms. The van der Waals surface area contributed by atoms with Crippen LogP contribution in [0.2, 0.25) is 0 Å². The highest BCUT2D eigenvalue weighted by molar-refractivity contribution is 5.80. The van der Waals surface area contributed by atoms with Gasteiger partial charge in [0.05, 0.1) is 11.7 Å². The Balaban J connectivity index is 2.10. The standard InChI is InChI=1S/C15H12F2N2/c16-11-7-5-10(6-8-11)15(17)9-19-13-4-2-1-3-12(13)14(15)18/h1-9,14H,18H2. The van der Waals surface area contributed by atoms with Gasteiger partial charge in [-0.1, -0.05) is 30.3 Å². The van der Waals surface area contributed by atoms with Crippen LogP contribution in [0.4, 0.5) is 14.5 Å². The van der Waals surface area contributed by atoms with Crippen molar-refractivity contribution < 1.29 is 8.78 Å². The van der Waals surface area contributed by atoms with Crippen LogP contribution in [0.15, 0.2) is 53.5 Å². The predicted octanol–water partition coefficient (Wildman–Crippen LogP) is 3.41. The molecule has 2 aromatic rings. The second-order valence-electron chi connectivity index (χ2n) is 4.57. The van der Waals surface area contributed by atoms with E-state index in [0.29, 0.717) is 16.8 Å². The van der Waals surface area contributed by atoms with Gasteiger partial charge in [-0.2, -0.15) is 0 Å². The van der Waals surface area contributed by atoms with E-state index in [-0.39, 0.29) is 0 Å². The lowest BCUT2D eigenvalue weighted by atomic mass is 9.83. The van der Waals surface area contributed by atoms with Crippen LogP contribution < -0.4 is 5.73 Å². The van der Waals surface area contributed by atoms with Crippen molar-refractivity contribution in [2.24, 2.45) is 10.7 Å². The SMILES string of the molecule is NC1c2ccccc2N=CC1(F)c1ccc(F)cc1. The van der Waals surface area contributed by atoms with E-state index in [4.69, 9.17) is 5.73 Å². The van der Waals surface area contributed by atoms with Gasteiger partial charge in [0, 0.05) is 6.21 Å². The summed E-state index contributed by atoms with van der Waals surface area (Å²) in [5.41, 5.74) is 5.75. The van der Waals surface area contributed by atoms with Crippen molar-refractivity contribution in [2.75, 3.05) is 0 Å². The van der Waals surface area contributed by atoms with E-state index in [1.165, 1.54) is 30.5 Å². The summed E-state index contributed by atoms with van der Waals surface area (Å²) in [6, 6.07) is 11.5. The molecule has 1 aliphatic heterocycles. The van der Waals surface area contributed by atoms with Gasteiger partial charge in [0.15, 0.2) is 5.67 Å². The minimum absolute atomic E-state index is 0.305. The van der Waals surface area contributed by atoms with Crippen molar-refractivity contribution in [1.29, 1.82) is 0 Å². The van der Waals surface area contributed by atoms with Gasteiger partial charge in [0.2, 0.25) is 0 Å². The topological polar surface area (TPSA) is 38.4 Å². The first-order valence-electron chi connectivity index (χ1n) is 5.96. The number of benzene rings is 2. The number of alkyl halides is 1. The van der Waals surface area contributed by atoms with Crippen LogP contribution in [0, 0.1) is 5.82 Å². The van der Waals surface area contributed by atoms with E-state index in [0.717, 1.165) is 0 Å². The van der Waals surface area contributed by atoms with Gasteiger partial charge in [-0.05, 0) is 29.3 Å². The van der Waals surface area contributed by atoms with E-state index in [2.05, 4.69) is 4.99 Å². The van der Waals surface area contributed by atoms with Crippen LogP contribution in [0.1, 0.15) is 17.2 Å². The van der Waals surface area contributed by atoms with Gasteiger partial charge in [0.25, 0.3) is 0 Å². The molecular formula is C15H12F2N2. The lowest BCUT2D eigenvalue weighted by Gasteiger charge is -2.32. The molecule has 0 saturated heterocycles. The maximum absolute atomic E-state index is 15.1. The summed E-state index contributed by atoms with van der Waals surface area (Å²) < 4.78 is 28.0. The molecule has 2 aromatic carbocycles. The molecule has 3 rings (SSSR count). The maximum atomic E-state index is 15.1. The fourth-order valence-corrected chi connectivity index (χ4v) is 2.30. The van der Waals surface area contributed by atoms with Gasteiger partial charge < -0.3 is 5.73 Å². The maximum Gasteiger partial charge on any atom is 0.190 e. The second kappa shape index (κ2) is 4.24. The predicted molar refractivity (Wildman–Crippen MR) is 70.7 cm³/mol. The molecule has 0 spiro atoms. The average molecular weight is 258 g/mol. The Labute approximate surface area is 109 Å². The first-order valence-corrected chi connectivity index (χ1v) is 5.96. The molecule has 1 aliphatic rings. The molecule has 0 amide bonds. The lowest BCUT2D eigenvalue weighted by Crippen LogP contribution is -2.38. The van der Waals surface area contributed by atoms with Crippen LogP contribution in [0.25, 0.3) is 0 Å². The van der Waals surface area contributed by atoms with Crippen molar-refractivity contribution >= 4 is 11.9 Å². The number of aliphatic imine (C=N–C) groups is 1. The first kappa shape index (κ1) is 12.0. The van der Waals surface area contributed by atoms with Crippen molar-refractivity contribution in [3.05, 3.63) is 65.5 Å². The Kier molecular flexibility index (Phi) is 2.68. The van der Waals surface area contributed by atoms with Crippen LogP contribution in [-0.2, 0) is 5.67 Å². The van der Waals surface area contributed by atoms with Crippen molar-refractivity contribution in [2.45, 2.75) is 11.7 Å². The van der Waals surface area contributed by atoms with Gasteiger partial charge in [-0.15, -0.1) is 0 Å². The minimum Gasteiger partial charge on any atom is -0.321 e. The highest BCUT2D eigenvalue weighted by atomic mass is 19.1. The van der Waals surface area contributed by atoms with Crippen molar-refractivity contribution in [1.82, 2.24) is 0 Å². The Bertz CT molecular complexity index is 637. The molecule has 2 unspecified atom stereocenters. The molecule has 0 bridgehead atoms. The first-order chi connectivity index (χ1) is 9.11. The number of rotatable bonds is 1. The van der Waals surface area contributed by atoms with Crippen LogP contribution in [0.3, 0.4) is 0 Å². The highest BCUT2D eigenvalue weighted by Crippen LogP contribution is 2.42. The zero-order chi connectivity index (χ0) is 13.5. The third-order valence-corrected chi connectivity index (χ3v) is 3.40. The third-order valence-electron chi connectivity index (χ3n) is 3.40. The second-order valence-corrected chi connectivity index (χ2v) is 4.57. The summed E-state index contributed by atoms with van der Waals surface area (Å²) in [6.45, 7) is 0. The summed E-state index contributed by atoms with van der Waals surface area (Å²) in [5.74, 6) is -0.408. The average Bonchev–Trinajstić information content (AvgIpc) is 2.44. The minimum atomic E-state index is -1.91. The molecule has 0 radical (unpaired) electrons. The molecule has 4 heteroatoms. The smallest absolute Gasteiger partial charge is 0.190 e. The van der Waals surface area contributed by atoms with Crippen LogP contribution in [0.5, 0.6) is 0 Å². The number of hydrogen-bond acceptors (Lipinski definition) is 2. The quantitative estimate of drug-likeness (QED) is 0.836. The number of hydrogen-bond donors (Lipinski definition) is 1. The molecule has 2 nitrogen and oxygen atoms in total. The molecule has 96 valence electrons. The molecule has 2 N–H and O–H groups in total. The van der Waals surface area contributed by atoms with E-state index in [1.54, 1.807) is 18.2 Å². The van der Waals surface area contributed by atoms with Gasteiger partial charge >= 0.3 is 0 Å². The van der Waals surface area contributed by atoms with Crippen molar-refractivity contribution in [3.8, 4) is 0 Å². The Morgan fingerprint density at radius 1 is 1.05 bits per heavy atom. The monoisotopic (exact) mass is 258 g/mol. The molecule has 2 atom stereocenters. The Morgan fingerprint density at radius 3 is 2.47 bits per heavy atom.